The second-order valence-corrected chi connectivity index (χ2v) is 4.55. The van der Waals surface area contributed by atoms with E-state index in [1.165, 1.54) is 22.3 Å². The van der Waals surface area contributed by atoms with Crippen LogP contribution in [0.2, 0.25) is 0 Å². The maximum atomic E-state index is 3.93. The van der Waals surface area contributed by atoms with Crippen LogP contribution in [0.3, 0.4) is 0 Å². The Morgan fingerprint density at radius 3 is 2.47 bits per heavy atom. The molecular formula is C18H19N. The lowest BCUT2D eigenvalue weighted by Gasteiger charge is -2.07. The van der Waals surface area contributed by atoms with Gasteiger partial charge in [0.15, 0.2) is 0 Å². The van der Waals surface area contributed by atoms with Crippen LogP contribution < -0.4 is 0 Å². The SMILES string of the molecule is CN=C/C=C\Cc1ccc(-c2ccccc2)cc1C. The highest BCUT2D eigenvalue weighted by Gasteiger charge is 2.00. The minimum atomic E-state index is 0.951. The molecule has 2 rings (SSSR count). The van der Waals surface area contributed by atoms with Gasteiger partial charge >= 0.3 is 0 Å². The summed E-state index contributed by atoms with van der Waals surface area (Å²) in [4.78, 5) is 3.93. The monoisotopic (exact) mass is 249 g/mol. The van der Waals surface area contributed by atoms with E-state index in [2.05, 4.69) is 60.5 Å². The molecule has 0 aliphatic rings. The molecule has 0 spiro atoms. The Morgan fingerprint density at radius 2 is 1.79 bits per heavy atom. The van der Waals surface area contributed by atoms with Crippen LogP contribution in [0.25, 0.3) is 11.1 Å². The minimum Gasteiger partial charge on any atom is -0.297 e. The molecule has 0 saturated carbocycles. The molecule has 19 heavy (non-hydrogen) atoms. The third kappa shape index (κ3) is 3.65. The van der Waals surface area contributed by atoms with Gasteiger partial charge in [0.05, 0.1) is 0 Å². The maximum absolute atomic E-state index is 3.93. The summed E-state index contributed by atoms with van der Waals surface area (Å²) < 4.78 is 0. The molecule has 0 saturated heterocycles. The Kier molecular flexibility index (Phi) is 4.68. The van der Waals surface area contributed by atoms with E-state index in [0.29, 0.717) is 0 Å². The molecule has 0 aliphatic heterocycles. The highest BCUT2D eigenvalue weighted by Crippen LogP contribution is 2.22. The van der Waals surface area contributed by atoms with Crippen molar-refractivity contribution in [3.63, 3.8) is 0 Å². The Hall–Kier alpha value is -2.15. The lowest BCUT2D eigenvalue weighted by atomic mass is 9.98. The second-order valence-electron chi connectivity index (χ2n) is 4.55. The zero-order chi connectivity index (χ0) is 13.5. The van der Waals surface area contributed by atoms with E-state index < -0.39 is 0 Å². The van der Waals surface area contributed by atoms with Crippen molar-refractivity contribution in [3.8, 4) is 11.1 Å². The summed E-state index contributed by atoms with van der Waals surface area (Å²) in [5.74, 6) is 0. The average molecular weight is 249 g/mol. The van der Waals surface area contributed by atoms with Crippen molar-refractivity contribution in [2.24, 2.45) is 4.99 Å². The third-order valence-electron chi connectivity index (χ3n) is 3.16. The molecule has 1 nitrogen and oxygen atoms in total. The quantitative estimate of drug-likeness (QED) is 0.709. The maximum Gasteiger partial charge on any atom is 0.0277 e. The number of benzene rings is 2. The standard InChI is InChI=1S/C18H19N/c1-15-14-18(17-9-4-3-5-10-17)12-11-16(15)8-6-7-13-19-2/h3-7,9-14H,8H2,1-2H3/b7-6-,19-13?. The van der Waals surface area contributed by atoms with Gasteiger partial charge in [0.2, 0.25) is 0 Å². The van der Waals surface area contributed by atoms with E-state index in [1.807, 2.05) is 18.4 Å². The van der Waals surface area contributed by atoms with E-state index in [0.717, 1.165) is 6.42 Å². The van der Waals surface area contributed by atoms with Crippen molar-refractivity contribution in [2.75, 3.05) is 7.05 Å². The van der Waals surface area contributed by atoms with Crippen molar-refractivity contribution < 1.29 is 0 Å². The third-order valence-corrected chi connectivity index (χ3v) is 3.16. The van der Waals surface area contributed by atoms with Gasteiger partial charge in [0.25, 0.3) is 0 Å². The van der Waals surface area contributed by atoms with Crippen LogP contribution in [0.1, 0.15) is 11.1 Å². The number of allylic oxidation sites excluding steroid dienone is 2. The van der Waals surface area contributed by atoms with Crippen LogP contribution in [0.15, 0.2) is 65.7 Å². The Balaban J connectivity index is 2.18. The van der Waals surface area contributed by atoms with Crippen molar-refractivity contribution in [1.29, 1.82) is 0 Å². The first-order valence-electron chi connectivity index (χ1n) is 6.53. The second kappa shape index (κ2) is 6.69. The summed E-state index contributed by atoms with van der Waals surface area (Å²) >= 11 is 0. The van der Waals surface area contributed by atoms with Gasteiger partial charge in [0, 0.05) is 13.3 Å². The zero-order valence-corrected chi connectivity index (χ0v) is 11.5. The summed E-state index contributed by atoms with van der Waals surface area (Å²) in [7, 11) is 1.78. The number of aryl methyl sites for hydroxylation is 1. The summed E-state index contributed by atoms with van der Waals surface area (Å²) in [5.41, 5.74) is 5.24. The number of hydrogen-bond donors (Lipinski definition) is 0. The summed E-state index contributed by atoms with van der Waals surface area (Å²) in [5, 5.41) is 0. The number of rotatable bonds is 4. The van der Waals surface area contributed by atoms with E-state index in [9.17, 15) is 0 Å². The molecule has 0 heterocycles. The predicted molar refractivity (Wildman–Crippen MR) is 83.9 cm³/mol. The van der Waals surface area contributed by atoms with Gasteiger partial charge in [-0.3, -0.25) is 4.99 Å². The molecule has 0 atom stereocenters. The van der Waals surface area contributed by atoms with Gasteiger partial charge in [-0.2, -0.15) is 0 Å². The Labute approximate surface area is 115 Å². The van der Waals surface area contributed by atoms with Crippen molar-refractivity contribution in [3.05, 3.63) is 71.8 Å². The first-order chi connectivity index (χ1) is 9.31. The molecule has 1 heteroatoms. The molecule has 2 aromatic carbocycles. The van der Waals surface area contributed by atoms with Crippen LogP contribution in [-0.4, -0.2) is 13.3 Å². The fourth-order valence-corrected chi connectivity index (χ4v) is 2.08. The van der Waals surface area contributed by atoms with Crippen molar-refractivity contribution in [1.82, 2.24) is 0 Å². The van der Waals surface area contributed by atoms with Gasteiger partial charge in [0.1, 0.15) is 0 Å². The molecule has 96 valence electrons. The van der Waals surface area contributed by atoms with Gasteiger partial charge in [-0.15, -0.1) is 0 Å². The zero-order valence-electron chi connectivity index (χ0n) is 11.5. The highest BCUT2D eigenvalue weighted by molar-refractivity contribution is 5.71. The average Bonchev–Trinajstić information content (AvgIpc) is 2.46. The fourth-order valence-electron chi connectivity index (χ4n) is 2.08. The van der Waals surface area contributed by atoms with Crippen LogP contribution in [0.4, 0.5) is 0 Å². The summed E-state index contributed by atoms with van der Waals surface area (Å²) in [6, 6.07) is 17.1. The van der Waals surface area contributed by atoms with Crippen LogP contribution in [0.5, 0.6) is 0 Å². The first-order valence-corrected chi connectivity index (χ1v) is 6.53. The molecule has 2 aromatic rings. The fraction of sp³-hybridized carbons (Fsp3) is 0.167. The Morgan fingerprint density at radius 1 is 1.00 bits per heavy atom. The molecular weight excluding hydrogens is 230 g/mol. The van der Waals surface area contributed by atoms with Crippen molar-refractivity contribution >= 4 is 6.21 Å². The lowest BCUT2D eigenvalue weighted by Crippen LogP contribution is -1.88. The van der Waals surface area contributed by atoms with Gasteiger partial charge in [-0.25, -0.2) is 0 Å². The first kappa shape index (κ1) is 13.3. The van der Waals surface area contributed by atoms with Gasteiger partial charge in [-0.1, -0.05) is 54.6 Å². The molecule has 0 amide bonds. The van der Waals surface area contributed by atoms with Crippen LogP contribution in [0, 0.1) is 6.92 Å². The molecule has 0 aromatic heterocycles. The predicted octanol–water partition coefficient (Wildman–Crippen LogP) is 4.46. The van der Waals surface area contributed by atoms with Crippen molar-refractivity contribution in [2.45, 2.75) is 13.3 Å². The van der Waals surface area contributed by atoms with E-state index in [1.54, 1.807) is 7.05 Å². The summed E-state index contributed by atoms with van der Waals surface area (Å²) in [6.07, 6.45) is 6.89. The molecule has 0 N–H and O–H groups in total. The van der Waals surface area contributed by atoms with Gasteiger partial charge < -0.3 is 0 Å². The largest absolute Gasteiger partial charge is 0.297 e. The highest BCUT2D eigenvalue weighted by atomic mass is 14.6. The molecule has 0 unspecified atom stereocenters. The van der Waals surface area contributed by atoms with E-state index >= 15 is 0 Å². The topological polar surface area (TPSA) is 12.4 Å². The van der Waals surface area contributed by atoms with Crippen LogP contribution in [-0.2, 0) is 6.42 Å². The molecule has 0 aliphatic carbocycles. The molecule has 0 bridgehead atoms. The molecule has 0 fully saturated rings. The van der Waals surface area contributed by atoms with Gasteiger partial charge in [-0.05, 0) is 41.7 Å². The number of hydrogen-bond acceptors (Lipinski definition) is 1. The van der Waals surface area contributed by atoms with E-state index in [4.69, 9.17) is 0 Å². The number of nitrogens with zero attached hydrogens (tertiary/aromatic N) is 1. The normalized spacial score (nSPS) is 11.5. The summed E-state index contributed by atoms with van der Waals surface area (Å²) in [6.45, 7) is 2.17. The minimum absolute atomic E-state index is 0.951. The number of aliphatic imine (C=N–C) groups is 1. The smallest absolute Gasteiger partial charge is 0.0277 e. The lowest BCUT2D eigenvalue weighted by molar-refractivity contribution is 1.22. The van der Waals surface area contributed by atoms with E-state index in [-0.39, 0.29) is 0 Å². The Bertz CT molecular complexity index is 580. The van der Waals surface area contributed by atoms with Crippen LogP contribution >= 0.6 is 0 Å². The molecule has 0 radical (unpaired) electrons.